The van der Waals surface area contributed by atoms with Crippen molar-refractivity contribution in [1.82, 2.24) is 4.67 Å². The molecule has 0 saturated carbocycles. The summed E-state index contributed by atoms with van der Waals surface area (Å²) in [6, 6.07) is 22.4. The Morgan fingerprint density at radius 1 is 0.891 bits per heavy atom. The molecule has 4 aromatic carbocycles. The summed E-state index contributed by atoms with van der Waals surface area (Å²) in [4.78, 5) is 2.30. The Labute approximate surface area is 384 Å². The standard InChI is InChI=1S/C49H61N4O8PS2/c1-10-51-41-27-25-39-40(32-37(64(55,56)57)33-43(39)63-61-60-54)47(41)48(6,7)44(51)22-13-11-14-23-45-49(8,9)46-38-21-16-15-20-36(38)24-26-42(46)52(45)29-17-12-18-30-58-62(59-31-19-28-50)53(34(2)3)35(4)5/h11,13-16,20-27,32-35H,10,12,17-19,29-31H2,1-9H3,(H-,54,55,56,57)/p+1. The van der Waals surface area contributed by atoms with Crippen LogP contribution < -0.4 is 4.90 Å². The maximum atomic E-state index is 12.4. The zero-order valence-electron chi connectivity index (χ0n) is 38.4. The monoisotopic (exact) mass is 929 g/mol. The predicted octanol–water partition coefficient (Wildman–Crippen LogP) is 12.3. The summed E-state index contributed by atoms with van der Waals surface area (Å²) in [5, 5.41) is 25.6. The van der Waals surface area contributed by atoms with Crippen molar-refractivity contribution >= 4 is 69.3 Å². The first-order chi connectivity index (χ1) is 30.5. The summed E-state index contributed by atoms with van der Waals surface area (Å²) >= 11 is 0.654. The number of hydrogen-bond donors (Lipinski definition) is 2. The van der Waals surface area contributed by atoms with Gasteiger partial charge in [0.05, 0.1) is 48.1 Å². The summed E-state index contributed by atoms with van der Waals surface area (Å²) in [6.45, 7) is 22.0. The molecule has 4 aromatic rings. The first-order valence-corrected chi connectivity index (χ1v) is 25.2. The fourth-order valence-corrected chi connectivity index (χ4v) is 12.2. The molecule has 64 heavy (non-hydrogen) atoms. The van der Waals surface area contributed by atoms with Crippen molar-refractivity contribution < 1.29 is 41.2 Å². The second-order valence-corrected chi connectivity index (χ2v) is 21.2. The summed E-state index contributed by atoms with van der Waals surface area (Å²) in [5.41, 5.74) is 5.83. The van der Waals surface area contributed by atoms with E-state index in [1.807, 2.05) is 12.1 Å². The highest BCUT2D eigenvalue weighted by Crippen LogP contribution is 2.52. The molecule has 0 radical (unpaired) electrons. The number of unbranched alkanes of at least 4 members (excludes halogenated alkanes) is 2. The molecule has 0 bridgehead atoms. The molecule has 0 spiro atoms. The number of fused-ring (bicyclic) bond motifs is 6. The first kappa shape index (κ1) is 49.5. The smallest absolute Gasteiger partial charge is 0.294 e. The number of hydrogen-bond acceptors (Lipinski definition) is 11. The summed E-state index contributed by atoms with van der Waals surface area (Å²) in [5.74, 6) is 0. The van der Waals surface area contributed by atoms with Gasteiger partial charge >= 0.3 is 0 Å². The highest BCUT2D eigenvalue weighted by atomic mass is 32.2. The average molecular weight is 930 g/mol. The average Bonchev–Trinajstić information content (AvgIpc) is 3.61. The number of nitriles is 1. The molecule has 2 aliphatic heterocycles. The van der Waals surface area contributed by atoms with Crippen LogP contribution >= 0.6 is 20.6 Å². The summed E-state index contributed by atoms with van der Waals surface area (Å²) in [6.07, 6.45) is 13.8. The Morgan fingerprint density at radius 2 is 1.62 bits per heavy atom. The van der Waals surface area contributed by atoms with Crippen LogP contribution in [0, 0.1) is 11.3 Å². The van der Waals surface area contributed by atoms with Gasteiger partial charge in [0, 0.05) is 64.4 Å². The molecule has 0 aromatic heterocycles. The maximum absolute atomic E-state index is 12.4. The van der Waals surface area contributed by atoms with Gasteiger partial charge in [0.15, 0.2) is 5.71 Å². The minimum atomic E-state index is -4.56. The van der Waals surface area contributed by atoms with E-state index >= 15 is 0 Å². The molecule has 342 valence electrons. The number of likely N-dealkylation sites (N-methyl/N-ethyl adjacent to an activating group) is 1. The van der Waals surface area contributed by atoms with Gasteiger partial charge in [-0.1, -0.05) is 67.4 Å². The van der Waals surface area contributed by atoms with Crippen LogP contribution in [-0.2, 0) is 39.4 Å². The van der Waals surface area contributed by atoms with Crippen LogP contribution in [0.4, 0.5) is 11.4 Å². The van der Waals surface area contributed by atoms with Crippen molar-refractivity contribution in [2.75, 3.05) is 31.2 Å². The molecule has 1 unspecified atom stereocenters. The summed E-state index contributed by atoms with van der Waals surface area (Å²) < 4.78 is 56.8. The largest absolute Gasteiger partial charge is 0.344 e. The second kappa shape index (κ2) is 21.1. The van der Waals surface area contributed by atoms with Gasteiger partial charge in [0.25, 0.3) is 18.6 Å². The maximum Gasteiger partial charge on any atom is 0.294 e. The Hall–Kier alpha value is -3.97. The molecule has 1 atom stereocenters. The van der Waals surface area contributed by atoms with Crippen molar-refractivity contribution in [2.24, 2.45) is 0 Å². The van der Waals surface area contributed by atoms with Crippen LogP contribution in [0.5, 0.6) is 0 Å². The topological polar surface area (TPSA) is 145 Å². The lowest BCUT2D eigenvalue weighted by molar-refractivity contribution is -0.438. The van der Waals surface area contributed by atoms with Crippen LogP contribution in [0.25, 0.3) is 21.5 Å². The Morgan fingerprint density at radius 3 is 2.31 bits per heavy atom. The highest BCUT2D eigenvalue weighted by molar-refractivity contribution is 7.94. The van der Waals surface area contributed by atoms with E-state index in [0.717, 1.165) is 42.8 Å². The summed E-state index contributed by atoms with van der Waals surface area (Å²) in [7, 11) is -5.83. The fourth-order valence-electron chi connectivity index (χ4n) is 9.39. The fraction of sp³-hybridized carbons (Fsp3) is 0.429. The first-order valence-electron chi connectivity index (χ1n) is 21.9. The molecule has 2 N–H and O–H groups in total. The number of anilines is 1. The van der Waals surface area contributed by atoms with Gasteiger partial charge in [0.2, 0.25) is 5.69 Å². The van der Waals surface area contributed by atoms with Crippen molar-refractivity contribution in [3.05, 3.63) is 108 Å². The van der Waals surface area contributed by atoms with Crippen LogP contribution in [-0.4, -0.2) is 71.6 Å². The van der Waals surface area contributed by atoms with Crippen LogP contribution in [0.1, 0.15) is 99.1 Å². The van der Waals surface area contributed by atoms with E-state index in [9.17, 15) is 13.0 Å². The Kier molecular flexibility index (Phi) is 16.3. The van der Waals surface area contributed by atoms with E-state index < -0.39 is 24.1 Å². The predicted molar refractivity (Wildman–Crippen MR) is 259 cm³/mol. The van der Waals surface area contributed by atoms with E-state index in [2.05, 4.69) is 154 Å². The molecule has 0 saturated heterocycles. The minimum Gasteiger partial charge on any atom is -0.344 e. The molecule has 2 heterocycles. The third kappa shape index (κ3) is 10.4. The SMILES string of the molecule is CCN1/C(=C/C=C/C=C/C2=[N+](CCCCCOP(OCCC#N)N(C(C)C)C(C)C)c3ccc4ccccc4c3C2(C)C)C(C)(C)c2c1ccc1c(SOOO)cc(S(=O)(=O)O)cc21. The Bertz CT molecular complexity index is 2610. The number of nitrogens with zero attached hydrogens (tertiary/aromatic N) is 4. The van der Waals surface area contributed by atoms with Gasteiger partial charge in [-0.25, -0.2) is 9.93 Å². The zero-order valence-corrected chi connectivity index (χ0v) is 40.9. The lowest BCUT2D eigenvalue weighted by Gasteiger charge is -2.35. The third-order valence-corrected chi connectivity index (χ3v) is 15.6. The molecule has 6 rings (SSSR count). The normalized spacial score (nSPS) is 17.1. The number of benzene rings is 4. The lowest BCUT2D eigenvalue weighted by atomic mass is 9.79. The van der Waals surface area contributed by atoms with Gasteiger partial charge in [-0.2, -0.15) is 18.3 Å². The van der Waals surface area contributed by atoms with E-state index in [-0.39, 0.29) is 22.4 Å². The van der Waals surface area contributed by atoms with Crippen LogP contribution in [0.15, 0.2) is 107 Å². The molecular formula is C49H62N4O8PS2+. The van der Waals surface area contributed by atoms with Crippen molar-refractivity contribution in [1.29, 1.82) is 5.26 Å². The molecule has 12 nitrogen and oxygen atoms in total. The lowest BCUT2D eigenvalue weighted by Crippen LogP contribution is -2.33. The highest BCUT2D eigenvalue weighted by Gasteiger charge is 2.45. The van der Waals surface area contributed by atoms with Gasteiger partial charge in [-0.15, -0.1) is 4.33 Å². The minimum absolute atomic E-state index is 0.255. The van der Waals surface area contributed by atoms with E-state index in [0.29, 0.717) is 53.9 Å². The molecule has 15 heteroatoms. The molecule has 0 amide bonds. The number of rotatable bonds is 21. The number of allylic oxidation sites excluding steroid dienone is 6. The molecule has 0 fully saturated rings. The quantitative estimate of drug-likeness (QED) is 0.0120. The van der Waals surface area contributed by atoms with Crippen molar-refractivity contribution in [3.8, 4) is 6.07 Å². The van der Waals surface area contributed by atoms with E-state index in [4.69, 9.17) is 23.9 Å². The molecule has 2 aliphatic rings. The van der Waals surface area contributed by atoms with Crippen molar-refractivity contribution in [2.45, 2.75) is 121 Å². The molecule has 0 aliphatic carbocycles. The van der Waals surface area contributed by atoms with Crippen LogP contribution in [0.3, 0.4) is 0 Å². The zero-order chi connectivity index (χ0) is 46.4. The Balaban J connectivity index is 1.26. The van der Waals surface area contributed by atoms with Crippen LogP contribution in [0.2, 0.25) is 0 Å². The van der Waals surface area contributed by atoms with E-state index in [1.54, 1.807) is 0 Å². The van der Waals surface area contributed by atoms with Crippen molar-refractivity contribution in [3.63, 3.8) is 0 Å². The second-order valence-electron chi connectivity index (χ2n) is 17.6. The van der Waals surface area contributed by atoms with Gasteiger partial charge in [-0.3, -0.25) is 4.55 Å². The van der Waals surface area contributed by atoms with E-state index in [1.165, 1.54) is 39.9 Å². The van der Waals surface area contributed by atoms with Gasteiger partial charge in [-0.05, 0) is 119 Å². The molecular weight excluding hydrogens is 868 g/mol. The van der Waals surface area contributed by atoms with Gasteiger partial charge in [0.1, 0.15) is 6.54 Å². The third-order valence-electron chi connectivity index (χ3n) is 12.0. The van der Waals surface area contributed by atoms with Gasteiger partial charge < -0.3 is 13.9 Å².